The van der Waals surface area contributed by atoms with Gasteiger partial charge in [-0.15, -0.1) is 0 Å². The van der Waals surface area contributed by atoms with E-state index in [1.165, 1.54) is 19.1 Å². The van der Waals surface area contributed by atoms with E-state index in [9.17, 15) is 14.0 Å². The predicted octanol–water partition coefficient (Wildman–Crippen LogP) is 2.13. The molecule has 0 aliphatic carbocycles. The summed E-state index contributed by atoms with van der Waals surface area (Å²) in [5, 5.41) is 11.1. The molecule has 1 amide bonds. The number of hydrogen-bond donors (Lipinski definition) is 2. The quantitative estimate of drug-likeness (QED) is 0.870. The number of carboxylic acids is 1. The Hall–Kier alpha value is -1.62. The van der Waals surface area contributed by atoms with Gasteiger partial charge >= 0.3 is 5.97 Å². The summed E-state index contributed by atoms with van der Waals surface area (Å²) in [6.45, 7) is 1.28. The molecular formula is C11H11ClFNO3. The Balaban J connectivity index is 2.98. The first-order chi connectivity index (χ1) is 7.90. The monoisotopic (exact) mass is 259 g/mol. The Morgan fingerprint density at radius 3 is 2.65 bits per heavy atom. The summed E-state index contributed by atoms with van der Waals surface area (Å²) in [6, 6.07) is 3.11. The smallest absolute Gasteiger partial charge is 0.305 e. The average molecular weight is 260 g/mol. The normalized spacial score (nSPS) is 11.9. The highest BCUT2D eigenvalue weighted by Gasteiger charge is 2.17. The molecule has 17 heavy (non-hydrogen) atoms. The zero-order valence-corrected chi connectivity index (χ0v) is 9.79. The number of benzene rings is 1. The van der Waals surface area contributed by atoms with Crippen molar-refractivity contribution < 1.29 is 19.1 Å². The van der Waals surface area contributed by atoms with E-state index in [2.05, 4.69) is 5.32 Å². The highest BCUT2D eigenvalue weighted by Crippen LogP contribution is 2.23. The van der Waals surface area contributed by atoms with Crippen LogP contribution in [-0.4, -0.2) is 17.0 Å². The molecular weight excluding hydrogens is 249 g/mol. The van der Waals surface area contributed by atoms with E-state index >= 15 is 0 Å². The van der Waals surface area contributed by atoms with Gasteiger partial charge in [-0.25, -0.2) is 4.39 Å². The van der Waals surface area contributed by atoms with Crippen LogP contribution in [0.15, 0.2) is 18.2 Å². The molecule has 0 saturated heterocycles. The van der Waals surface area contributed by atoms with Crippen LogP contribution in [0.3, 0.4) is 0 Å². The highest BCUT2D eigenvalue weighted by molar-refractivity contribution is 6.30. The van der Waals surface area contributed by atoms with Crippen LogP contribution >= 0.6 is 11.6 Å². The zero-order chi connectivity index (χ0) is 13.0. The third-order valence-corrected chi connectivity index (χ3v) is 2.39. The number of carbonyl (C=O) groups is 2. The lowest BCUT2D eigenvalue weighted by Gasteiger charge is -2.16. The van der Waals surface area contributed by atoms with Gasteiger partial charge in [-0.05, 0) is 17.7 Å². The summed E-state index contributed by atoms with van der Waals surface area (Å²) in [4.78, 5) is 21.6. The van der Waals surface area contributed by atoms with Crippen molar-refractivity contribution in [2.45, 2.75) is 19.4 Å². The molecule has 2 N–H and O–H groups in total. The van der Waals surface area contributed by atoms with Crippen LogP contribution < -0.4 is 5.32 Å². The number of aliphatic carboxylic acids is 1. The molecule has 92 valence electrons. The second-order valence-corrected chi connectivity index (χ2v) is 3.93. The molecule has 0 fully saturated rings. The molecule has 0 radical (unpaired) electrons. The molecule has 0 saturated carbocycles. The van der Waals surface area contributed by atoms with Gasteiger partial charge in [0, 0.05) is 6.92 Å². The van der Waals surface area contributed by atoms with Crippen molar-refractivity contribution in [1.82, 2.24) is 5.32 Å². The average Bonchev–Trinajstić information content (AvgIpc) is 2.19. The molecule has 0 aromatic heterocycles. The lowest BCUT2D eigenvalue weighted by molar-refractivity contribution is -0.137. The number of carboxylic acid groups (broad SMARTS) is 1. The first-order valence-electron chi connectivity index (χ1n) is 4.84. The third kappa shape index (κ3) is 4.03. The maximum atomic E-state index is 13.0. The number of rotatable bonds is 4. The molecule has 1 atom stereocenters. The summed E-state index contributed by atoms with van der Waals surface area (Å²) in [6.07, 6.45) is -0.290. The van der Waals surface area contributed by atoms with E-state index in [0.717, 1.165) is 6.07 Å². The van der Waals surface area contributed by atoms with Crippen molar-refractivity contribution in [2.75, 3.05) is 0 Å². The Morgan fingerprint density at radius 1 is 1.53 bits per heavy atom. The number of carbonyl (C=O) groups excluding carboxylic acids is 1. The van der Waals surface area contributed by atoms with Gasteiger partial charge in [-0.1, -0.05) is 17.7 Å². The van der Waals surface area contributed by atoms with Crippen LogP contribution in [0.2, 0.25) is 5.02 Å². The number of hydrogen-bond acceptors (Lipinski definition) is 2. The Kier molecular flexibility index (Phi) is 4.45. The first-order valence-corrected chi connectivity index (χ1v) is 5.21. The topological polar surface area (TPSA) is 66.4 Å². The van der Waals surface area contributed by atoms with Crippen LogP contribution in [0.4, 0.5) is 4.39 Å². The Labute approximate surface area is 102 Å². The Bertz CT molecular complexity index is 434. The standard InChI is InChI=1S/C11H11ClFNO3/c1-6(15)14-10(5-11(16)17)7-2-3-9(13)8(12)4-7/h2-4,10H,5H2,1H3,(H,14,15)(H,16,17)/t10-/m1/s1. The van der Waals surface area contributed by atoms with Crippen molar-refractivity contribution in [2.24, 2.45) is 0 Å². The molecule has 0 aliphatic heterocycles. The van der Waals surface area contributed by atoms with Crippen molar-refractivity contribution >= 4 is 23.5 Å². The minimum Gasteiger partial charge on any atom is -0.481 e. The summed E-state index contributed by atoms with van der Waals surface area (Å²) in [7, 11) is 0. The minimum atomic E-state index is -1.07. The van der Waals surface area contributed by atoms with Gasteiger partial charge in [0.25, 0.3) is 0 Å². The number of nitrogens with one attached hydrogen (secondary N) is 1. The van der Waals surface area contributed by atoms with Gasteiger partial charge in [0.2, 0.25) is 5.91 Å². The fourth-order valence-corrected chi connectivity index (χ4v) is 1.59. The molecule has 0 heterocycles. The van der Waals surface area contributed by atoms with Gasteiger partial charge in [0.1, 0.15) is 5.82 Å². The maximum Gasteiger partial charge on any atom is 0.305 e. The van der Waals surface area contributed by atoms with Crippen LogP contribution in [0.5, 0.6) is 0 Å². The van der Waals surface area contributed by atoms with Crippen molar-refractivity contribution in [3.05, 3.63) is 34.6 Å². The van der Waals surface area contributed by atoms with Crippen LogP contribution in [0.25, 0.3) is 0 Å². The molecule has 6 heteroatoms. The summed E-state index contributed by atoms with van der Waals surface area (Å²) in [5.74, 6) is -2.02. The highest BCUT2D eigenvalue weighted by atomic mass is 35.5. The van der Waals surface area contributed by atoms with Crippen LogP contribution in [0, 0.1) is 5.82 Å². The minimum absolute atomic E-state index is 0.108. The SMILES string of the molecule is CC(=O)N[C@H](CC(=O)O)c1ccc(F)c(Cl)c1. The number of halogens is 2. The second-order valence-electron chi connectivity index (χ2n) is 3.52. The van der Waals surface area contributed by atoms with Gasteiger partial charge < -0.3 is 10.4 Å². The first kappa shape index (κ1) is 13.4. The van der Waals surface area contributed by atoms with E-state index < -0.39 is 17.8 Å². The molecule has 0 bridgehead atoms. The van der Waals surface area contributed by atoms with Crippen molar-refractivity contribution in [3.63, 3.8) is 0 Å². The van der Waals surface area contributed by atoms with E-state index in [-0.39, 0.29) is 17.4 Å². The molecule has 0 unspecified atom stereocenters. The second kappa shape index (κ2) is 5.63. The molecule has 4 nitrogen and oxygen atoms in total. The fraction of sp³-hybridized carbons (Fsp3) is 0.273. The van der Waals surface area contributed by atoms with Crippen LogP contribution in [0.1, 0.15) is 24.9 Å². The van der Waals surface area contributed by atoms with Crippen LogP contribution in [-0.2, 0) is 9.59 Å². The van der Waals surface area contributed by atoms with Crippen molar-refractivity contribution in [1.29, 1.82) is 0 Å². The van der Waals surface area contributed by atoms with Gasteiger partial charge in [-0.2, -0.15) is 0 Å². The third-order valence-electron chi connectivity index (χ3n) is 2.10. The summed E-state index contributed by atoms with van der Waals surface area (Å²) < 4.78 is 13.0. The zero-order valence-electron chi connectivity index (χ0n) is 9.04. The van der Waals surface area contributed by atoms with E-state index in [0.29, 0.717) is 5.56 Å². The lowest BCUT2D eigenvalue weighted by Crippen LogP contribution is -2.28. The van der Waals surface area contributed by atoms with Gasteiger partial charge in [0.15, 0.2) is 0 Å². The van der Waals surface area contributed by atoms with E-state index in [1.54, 1.807) is 0 Å². The molecule has 1 aromatic rings. The van der Waals surface area contributed by atoms with E-state index in [4.69, 9.17) is 16.7 Å². The Morgan fingerprint density at radius 2 is 2.18 bits per heavy atom. The maximum absolute atomic E-state index is 13.0. The lowest BCUT2D eigenvalue weighted by atomic mass is 10.0. The molecule has 1 rings (SSSR count). The predicted molar refractivity (Wildman–Crippen MR) is 60.2 cm³/mol. The number of amides is 1. The summed E-state index contributed by atoms with van der Waals surface area (Å²) >= 11 is 5.60. The van der Waals surface area contributed by atoms with Gasteiger partial charge in [0.05, 0.1) is 17.5 Å². The fourth-order valence-electron chi connectivity index (χ4n) is 1.40. The molecule has 0 spiro atoms. The molecule has 0 aliphatic rings. The summed E-state index contributed by atoms with van der Waals surface area (Å²) in [5.41, 5.74) is 0.453. The largest absolute Gasteiger partial charge is 0.481 e. The van der Waals surface area contributed by atoms with Gasteiger partial charge in [-0.3, -0.25) is 9.59 Å². The van der Waals surface area contributed by atoms with E-state index in [1.807, 2.05) is 0 Å². The molecule has 1 aromatic carbocycles. The van der Waals surface area contributed by atoms with Crippen molar-refractivity contribution in [3.8, 4) is 0 Å².